The second-order valence-corrected chi connectivity index (χ2v) is 7.23. The Kier molecular flexibility index (Phi) is 4.33. The Morgan fingerprint density at radius 2 is 1.90 bits per heavy atom. The number of carbonyl (C=O) groups excluding carboxylic acids is 1. The highest BCUT2D eigenvalue weighted by molar-refractivity contribution is 7.86. The van der Waals surface area contributed by atoms with Crippen LogP contribution in [0.3, 0.4) is 0 Å². The molecule has 0 spiro atoms. The van der Waals surface area contributed by atoms with Crippen molar-refractivity contribution in [2.75, 3.05) is 5.32 Å². The summed E-state index contributed by atoms with van der Waals surface area (Å²) in [6.45, 7) is 0. The average Bonchev–Trinajstić information content (AvgIpc) is 2.68. The maximum absolute atomic E-state index is 13.1. The number of para-hydroxylation sites is 1. The Labute approximate surface area is 128 Å². The zero-order valence-corrected chi connectivity index (χ0v) is 12.7. The molecule has 1 N–H and O–H groups in total. The van der Waals surface area contributed by atoms with E-state index >= 15 is 0 Å². The summed E-state index contributed by atoms with van der Waals surface area (Å²) in [7, 11) is -4.94. The molecule has 0 aliphatic carbocycles. The molecule has 2 rings (SSSR count). The first kappa shape index (κ1) is 15.2. The molecule has 2 aromatic rings. The number of anilines is 1. The number of carbonyl (C=O) groups is 1. The molecule has 0 aliphatic rings. The molecule has 106 valence electrons. The zero-order valence-electron chi connectivity index (χ0n) is 9.56. The maximum Gasteiger partial charge on any atom is 0.334 e. The Morgan fingerprint density at radius 3 is 2.45 bits per heavy atom. The van der Waals surface area contributed by atoms with Crippen molar-refractivity contribution in [2.45, 2.75) is 4.90 Å². The molecule has 0 unspecified atom stereocenters. The summed E-state index contributed by atoms with van der Waals surface area (Å²) in [5.74, 6) is -0.672. The fraction of sp³-hybridized carbons (Fsp3) is 0. The molecule has 0 fully saturated rings. The van der Waals surface area contributed by atoms with Crippen molar-refractivity contribution in [3.05, 3.63) is 44.6 Å². The Hall–Kier alpha value is -1.15. The van der Waals surface area contributed by atoms with Gasteiger partial charge < -0.3 is 5.32 Å². The number of benzene rings is 1. The van der Waals surface area contributed by atoms with Crippen molar-refractivity contribution >= 4 is 56.4 Å². The summed E-state index contributed by atoms with van der Waals surface area (Å²) in [4.78, 5) is 11.3. The van der Waals surface area contributed by atoms with Crippen molar-refractivity contribution in [3.63, 3.8) is 0 Å². The first-order valence-corrected chi connectivity index (χ1v) is 8.04. The first-order valence-electron chi connectivity index (χ1n) is 5.09. The SMILES string of the molecule is O=C(Nc1ccccc1S(=O)(=O)F)c1cc(Cl)sc1Cl. The highest BCUT2D eigenvalue weighted by atomic mass is 35.5. The molecular formula is C11H6Cl2FNO3S2. The van der Waals surface area contributed by atoms with E-state index in [2.05, 4.69) is 5.32 Å². The number of nitrogens with one attached hydrogen (secondary N) is 1. The van der Waals surface area contributed by atoms with Gasteiger partial charge in [0.15, 0.2) is 0 Å². The lowest BCUT2D eigenvalue weighted by molar-refractivity contribution is 0.102. The lowest BCUT2D eigenvalue weighted by atomic mass is 10.3. The van der Waals surface area contributed by atoms with E-state index in [0.29, 0.717) is 4.34 Å². The van der Waals surface area contributed by atoms with Gasteiger partial charge in [-0.3, -0.25) is 4.79 Å². The van der Waals surface area contributed by atoms with Crippen molar-refractivity contribution in [2.24, 2.45) is 0 Å². The van der Waals surface area contributed by atoms with E-state index in [1.165, 1.54) is 24.3 Å². The van der Waals surface area contributed by atoms with Gasteiger partial charge in [0.1, 0.15) is 9.23 Å². The van der Waals surface area contributed by atoms with Crippen LogP contribution in [0.15, 0.2) is 35.2 Å². The van der Waals surface area contributed by atoms with Gasteiger partial charge >= 0.3 is 10.2 Å². The van der Waals surface area contributed by atoms with E-state index in [1.54, 1.807) is 0 Å². The average molecular weight is 354 g/mol. The maximum atomic E-state index is 13.1. The summed E-state index contributed by atoms with van der Waals surface area (Å²) < 4.78 is 35.5. The highest BCUT2D eigenvalue weighted by Gasteiger charge is 2.20. The number of hydrogen-bond donors (Lipinski definition) is 1. The number of halogens is 3. The molecule has 0 saturated heterocycles. The largest absolute Gasteiger partial charge is 0.334 e. The van der Waals surface area contributed by atoms with E-state index in [-0.39, 0.29) is 15.6 Å². The van der Waals surface area contributed by atoms with E-state index in [9.17, 15) is 17.1 Å². The molecule has 1 heterocycles. The summed E-state index contributed by atoms with van der Waals surface area (Å²) >= 11 is 12.5. The molecular weight excluding hydrogens is 348 g/mol. The van der Waals surface area contributed by atoms with E-state index in [4.69, 9.17) is 23.2 Å². The third-order valence-corrected chi connectivity index (χ3v) is 4.67. The summed E-state index contributed by atoms with van der Waals surface area (Å²) in [6.07, 6.45) is 0. The minimum absolute atomic E-state index is 0.0905. The standard InChI is InChI=1S/C11H6Cl2FNO3S2/c12-9-5-6(10(13)19-9)11(16)15-7-3-1-2-4-8(7)20(14,17)18/h1-5H,(H,15,16). The van der Waals surface area contributed by atoms with Crippen LogP contribution in [0.1, 0.15) is 10.4 Å². The molecule has 0 atom stereocenters. The molecule has 4 nitrogen and oxygen atoms in total. The molecule has 0 radical (unpaired) electrons. The molecule has 1 aromatic carbocycles. The van der Waals surface area contributed by atoms with Gasteiger partial charge in [0, 0.05) is 0 Å². The molecule has 0 saturated carbocycles. The predicted molar refractivity (Wildman–Crippen MR) is 77.0 cm³/mol. The van der Waals surface area contributed by atoms with Gasteiger partial charge in [0.2, 0.25) is 0 Å². The van der Waals surface area contributed by atoms with Crippen molar-refractivity contribution in [1.29, 1.82) is 0 Å². The van der Waals surface area contributed by atoms with E-state index in [0.717, 1.165) is 17.4 Å². The minimum Gasteiger partial charge on any atom is -0.321 e. The Bertz CT molecular complexity index is 774. The van der Waals surface area contributed by atoms with Gasteiger partial charge in [-0.2, -0.15) is 8.42 Å². The van der Waals surface area contributed by atoms with Crippen LogP contribution in [0.4, 0.5) is 9.57 Å². The third kappa shape index (κ3) is 3.29. The molecule has 0 aliphatic heterocycles. The van der Waals surface area contributed by atoms with Gasteiger partial charge in [0.25, 0.3) is 5.91 Å². The highest BCUT2D eigenvalue weighted by Crippen LogP contribution is 2.32. The smallest absolute Gasteiger partial charge is 0.321 e. The van der Waals surface area contributed by atoms with E-state index < -0.39 is 21.0 Å². The van der Waals surface area contributed by atoms with Gasteiger partial charge in [0.05, 0.1) is 15.6 Å². The normalized spacial score (nSPS) is 11.3. The number of amides is 1. The quantitative estimate of drug-likeness (QED) is 0.849. The van der Waals surface area contributed by atoms with E-state index in [1.807, 2.05) is 0 Å². The topological polar surface area (TPSA) is 63.2 Å². The molecule has 20 heavy (non-hydrogen) atoms. The Balaban J connectivity index is 2.36. The fourth-order valence-electron chi connectivity index (χ4n) is 1.47. The van der Waals surface area contributed by atoms with Gasteiger partial charge in [-0.1, -0.05) is 35.3 Å². The monoisotopic (exact) mass is 353 g/mol. The predicted octanol–water partition coefficient (Wildman–Crippen LogP) is 3.97. The van der Waals surface area contributed by atoms with Crippen molar-refractivity contribution in [3.8, 4) is 0 Å². The van der Waals surface area contributed by atoms with Crippen LogP contribution in [0, 0.1) is 0 Å². The number of thiophene rings is 1. The minimum atomic E-state index is -4.94. The number of rotatable bonds is 3. The summed E-state index contributed by atoms with van der Waals surface area (Å²) in [5.41, 5.74) is -0.0777. The fourth-order valence-corrected chi connectivity index (χ4v) is 3.55. The molecule has 9 heteroatoms. The van der Waals surface area contributed by atoms with Crippen LogP contribution in [0.2, 0.25) is 8.67 Å². The van der Waals surface area contributed by atoms with Crippen LogP contribution in [0.5, 0.6) is 0 Å². The van der Waals surface area contributed by atoms with Gasteiger partial charge in [-0.05, 0) is 18.2 Å². The third-order valence-electron chi connectivity index (χ3n) is 2.30. The van der Waals surface area contributed by atoms with Crippen LogP contribution in [0.25, 0.3) is 0 Å². The Morgan fingerprint density at radius 1 is 1.25 bits per heavy atom. The molecule has 0 bridgehead atoms. The van der Waals surface area contributed by atoms with Crippen molar-refractivity contribution in [1.82, 2.24) is 0 Å². The van der Waals surface area contributed by atoms with Crippen LogP contribution in [-0.2, 0) is 10.2 Å². The first-order chi connectivity index (χ1) is 9.29. The summed E-state index contributed by atoms with van der Waals surface area (Å²) in [5, 5.41) is 2.29. The molecule has 1 aromatic heterocycles. The second-order valence-electron chi connectivity index (χ2n) is 3.63. The van der Waals surface area contributed by atoms with Crippen LogP contribution >= 0.6 is 34.5 Å². The van der Waals surface area contributed by atoms with Crippen LogP contribution in [-0.4, -0.2) is 14.3 Å². The molecule has 1 amide bonds. The van der Waals surface area contributed by atoms with Gasteiger partial charge in [-0.25, -0.2) is 0 Å². The number of hydrogen-bond acceptors (Lipinski definition) is 4. The zero-order chi connectivity index (χ0) is 14.9. The lowest BCUT2D eigenvalue weighted by Gasteiger charge is -2.07. The summed E-state index contributed by atoms with van der Waals surface area (Å²) in [6, 6.07) is 6.47. The lowest BCUT2D eigenvalue weighted by Crippen LogP contribution is -2.13. The van der Waals surface area contributed by atoms with Gasteiger partial charge in [-0.15, -0.1) is 15.2 Å². The van der Waals surface area contributed by atoms with Crippen LogP contribution < -0.4 is 5.32 Å². The van der Waals surface area contributed by atoms with Crippen molar-refractivity contribution < 1.29 is 17.1 Å². The second kappa shape index (κ2) is 5.69.